The zero-order chi connectivity index (χ0) is 18.3. The van der Waals surface area contributed by atoms with Crippen LogP contribution in [0.2, 0.25) is 0 Å². The molecule has 1 atom stereocenters. The average Bonchev–Trinajstić information content (AvgIpc) is 2.39. The third-order valence-electron chi connectivity index (χ3n) is 3.53. The van der Waals surface area contributed by atoms with Gasteiger partial charge in [0.1, 0.15) is 16.8 Å². The number of esters is 2. The van der Waals surface area contributed by atoms with Gasteiger partial charge in [0, 0.05) is 5.57 Å². The van der Waals surface area contributed by atoms with Gasteiger partial charge < -0.3 is 9.47 Å². The van der Waals surface area contributed by atoms with Crippen molar-refractivity contribution in [2.24, 2.45) is 5.41 Å². The molecule has 23 heavy (non-hydrogen) atoms. The number of ketones is 1. The Morgan fingerprint density at radius 2 is 1.52 bits per heavy atom. The molecular weight excluding hydrogens is 296 g/mol. The minimum atomic E-state index is -1.12. The van der Waals surface area contributed by atoms with E-state index in [9.17, 15) is 14.4 Å². The van der Waals surface area contributed by atoms with E-state index in [0.29, 0.717) is 31.4 Å². The van der Waals surface area contributed by atoms with Gasteiger partial charge in [-0.3, -0.25) is 9.59 Å². The zero-order valence-corrected chi connectivity index (χ0v) is 15.3. The van der Waals surface area contributed by atoms with Crippen molar-refractivity contribution in [2.45, 2.75) is 72.8 Å². The van der Waals surface area contributed by atoms with Crippen LogP contribution in [0.15, 0.2) is 12.2 Å². The molecule has 0 aromatic heterocycles. The first-order chi connectivity index (χ1) is 10.4. The van der Waals surface area contributed by atoms with Gasteiger partial charge in [0.2, 0.25) is 0 Å². The Hall–Kier alpha value is -1.65. The fraction of sp³-hybridized carbons (Fsp3) is 0.722. The maximum absolute atomic E-state index is 12.3. The molecule has 0 heterocycles. The average molecular weight is 326 g/mol. The van der Waals surface area contributed by atoms with E-state index in [1.165, 1.54) is 6.92 Å². The van der Waals surface area contributed by atoms with Crippen molar-refractivity contribution in [3.05, 3.63) is 12.2 Å². The van der Waals surface area contributed by atoms with Crippen molar-refractivity contribution < 1.29 is 23.9 Å². The number of ether oxygens (including phenoxy) is 2. The number of hydrogen-bond donors (Lipinski definition) is 0. The molecule has 0 radical (unpaired) electrons. The van der Waals surface area contributed by atoms with Crippen molar-refractivity contribution >= 4 is 17.7 Å². The van der Waals surface area contributed by atoms with Crippen molar-refractivity contribution in [2.75, 3.05) is 6.61 Å². The maximum atomic E-state index is 12.3. The van der Waals surface area contributed by atoms with Crippen LogP contribution in [0, 0.1) is 5.41 Å². The van der Waals surface area contributed by atoms with Crippen LogP contribution in [0.1, 0.15) is 67.2 Å². The van der Waals surface area contributed by atoms with Crippen molar-refractivity contribution in [1.82, 2.24) is 0 Å². The molecule has 132 valence electrons. The van der Waals surface area contributed by atoms with Gasteiger partial charge in [-0.15, -0.1) is 0 Å². The van der Waals surface area contributed by atoms with Crippen molar-refractivity contribution in [3.8, 4) is 0 Å². The minimum absolute atomic E-state index is 0.194. The van der Waals surface area contributed by atoms with E-state index < -0.39 is 23.0 Å². The molecule has 0 aliphatic heterocycles. The molecule has 0 N–H and O–H groups in total. The molecule has 0 aromatic rings. The molecule has 0 spiro atoms. The molecule has 0 amide bonds. The maximum Gasteiger partial charge on any atom is 0.333 e. The quantitative estimate of drug-likeness (QED) is 0.280. The molecule has 0 rings (SSSR count). The van der Waals surface area contributed by atoms with Gasteiger partial charge in [-0.2, -0.15) is 0 Å². The first kappa shape index (κ1) is 21.4. The number of unbranched alkanes of at least 4 members (excludes halogenated alkanes) is 2. The Morgan fingerprint density at radius 1 is 0.957 bits per heavy atom. The third kappa shape index (κ3) is 7.95. The van der Waals surface area contributed by atoms with Gasteiger partial charge in [-0.25, -0.2) is 4.79 Å². The number of carbonyl (C=O) groups excluding carboxylic acids is 3. The Labute approximate surface area is 139 Å². The fourth-order valence-corrected chi connectivity index (χ4v) is 1.86. The highest BCUT2D eigenvalue weighted by atomic mass is 16.6. The summed E-state index contributed by atoms with van der Waals surface area (Å²) in [6.07, 6.45) is 2.54. The second-order valence-electron chi connectivity index (χ2n) is 7.12. The molecule has 0 saturated carbocycles. The Kier molecular flexibility index (Phi) is 8.21. The normalized spacial score (nSPS) is 13.8. The van der Waals surface area contributed by atoms with Crippen LogP contribution in [0.3, 0.4) is 0 Å². The fourth-order valence-electron chi connectivity index (χ4n) is 1.86. The lowest BCUT2D eigenvalue weighted by molar-refractivity contribution is -0.169. The molecule has 0 aromatic carbocycles. The first-order valence-corrected chi connectivity index (χ1v) is 7.97. The molecule has 0 bridgehead atoms. The second kappa shape index (κ2) is 8.85. The number of carbonyl (C=O) groups is 3. The predicted octanol–water partition coefficient (Wildman–Crippen LogP) is 3.60. The lowest BCUT2D eigenvalue weighted by Gasteiger charge is -2.29. The Balaban J connectivity index is 4.35. The number of hydrogen-bond acceptors (Lipinski definition) is 5. The number of Topliss-reactive ketones (excluding diaryl/α,β-unsaturated/α-hetero) is 1. The van der Waals surface area contributed by atoms with Gasteiger partial charge in [-0.05, 0) is 54.4 Å². The van der Waals surface area contributed by atoms with E-state index >= 15 is 0 Å². The Bertz CT molecular complexity index is 459. The topological polar surface area (TPSA) is 69.7 Å². The van der Waals surface area contributed by atoms with Crippen LogP contribution in [0.25, 0.3) is 0 Å². The van der Waals surface area contributed by atoms with E-state index in [1.54, 1.807) is 34.6 Å². The molecule has 5 heteroatoms. The first-order valence-electron chi connectivity index (χ1n) is 7.97. The predicted molar refractivity (Wildman–Crippen MR) is 88.9 cm³/mol. The summed E-state index contributed by atoms with van der Waals surface area (Å²) in [7, 11) is 0. The van der Waals surface area contributed by atoms with Crippen LogP contribution in [-0.2, 0) is 23.9 Å². The van der Waals surface area contributed by atoms with Gasteiger partial charge in [0.05, 0.1) is 6.61 Å². The SMILES string of the molecule is C=C(C)C(=O)OCCCCCC(C)(C(C)=O)C(=O)OC(C)(C)C. The molecule has 1 unspecified atom stereocenters. The number of rotatable bonds is 9. The summed E-state index contributed by atoms with van der Waals surface area (Å²) in [5, 5.41) is 0. The third-order valence-corrected chi connectivity index (χ3v) is 3.53. The molecular formula is C18H30O5. The minimum Gasteiger partial charge on any atom is -0.462 e. The Morgan fingerprint density at radius 3 is 1.96 bits per heavy atom. The van der Waals surface area contributed by atoms with Gasteiger partial charge in [-0.1, -0.05) is 19.4 Å². The molecule has 0 aliphatic rings. The molecule has 0 fully saturated rings. The van der Waals surface area contributed by atoms with Crippen molar-refractivity contribution in [1.29, 1.82) is 0 Å². The van der Waals surface area contributed by atoms with Gasteiger partial charge in [0.25, 0.3) is 0 Å². The van der Waals surface area contributed by atoms with Gasteiger partial charge in [0.15, 0.2) is 0 Å². The van der Waals surface area contributed by atoms with E-state index in [1.807, 2.05) is 0 Å². The van der Waals surface area contributed by atoms with Crippen molar-refractivity contribution in [3.63, 3.8) is 0 Å². The van der Waals surface area contributed by atoms with Crippen LogP contribution in [0.4, 0.5) is 0 Å². The van der Waals surface area contributed by atoms with E-state index in [-0.39, 0.29) is 5.78 Å². The molecule has 0 saturated heterocycles. The highest BCUT2D eigenvalue weighted by molar-refractivity contribution is 6.02. The monoisotopic (exact) mass is 326 g/mol. The summed E-state index contributed by atoms with van der Waals surface area (Å²) in [5.74, 6) is -1.07. The van der Waals surface area contributed by atoms with Crippen LogP contribution in [0.5, 0.6) is 0 Å². The molecule has 0 aliphatic carbocycles. The smallest absolute Gasteiger partial charge is 0.333 e. The van der Waals surface area contributed by atoms with E-state index in [2.05, 4.69) is 6.58 Å². The summed E-state index contributed by atoms with van der Waals surface area (Å²) >= 11 is 0. The summed E-state index contributed by atoms with van der Waals surface area (Å²) in [6, 6.07) is 0. The summed E-state index contributed by atoms with van der Waals surface area (Å²) in [4.78, 5) is 35.4. The largest absolute Gasteiger partial charge is 0.462 e. The van der Waals surface area contributed by atoms with Crippen LogP contribution < -0.4 is 0 Å². The second-order valence-corrected chi connectivity index (χ2v) is 7.12. The highest BCUT2D eigenvalue weighted by Crippen LogP contribution is 2.29. The standard InChI is InChI=1S/C18H30O5/c1-13(2)15(20)22-12-10-8-9-11-18(7,14(3)19)16(21)23-17(4,5)6/h1,8-12H2,2-7H3. The summed E-state index contributed by atoms with van der Waals surface area (Å²) < 4.78 is 10.4. The van der Waals surface area contributed by atoms with Crippen LogP contribution >= 0.6 is 0 Å². The molecule has 5 nitrogen and oxygen atoms in total. The van der Waals surface area contributed by atoms with Crippen LogP contribution in [-0.4, -0.2) is 29.9 Å². The zero-order valence-electron chi connectivity index (χ0n) is 15.3. The highest BCUT2D eigenvalue weighted by Gasteiger charge is 2.40. The lowest BCUT2D eigenvalue weighted by Crippen LogP contribution is -2.40. The van der Waals surface area contributed by atoms with Gasteiger partial charge >= 0.3 is 11.9 Å². The summed E-state index contributed by atoms with van der Waals surface area (Å²) in [5.41, 5.74) is -1.37. The van der Waals surface area contributed by atoms with E-state index in [4.69, 9.17) is 9.47 Å². The lowest BCUT2D eigenvalue weighted by atomic mass is 9.81. The van der Waals surface area contributed by atoms with E-state index in [0.717, 1.165) is 6.42 Å². The summed E-state index contributed by atoms with van der Waals surface area (Å²) in [6.45, 7) is 13.8.